The Morgan fingerprint density at radius 1 is 1.25 bits per heavy atom. The summed E-state index contributed by atoms with van der Waals surface area (Å²) >= 11 is 0. The van der Waals surface area contributed by atoms with Crippen molar-refractivity contribution < 1.29 is 9.84 Å². The van der Waals surface area contributed by atoms with Gasteiger partial charge >= 0.3 is 0 Å². The van der Waals surface area contributed by atoms with Crippen molar-refractivity contribution in [2.24, 2.45) is 17.8 Å². The Bertz CT molecular complexity index is 191. The minimum Gasteiger partial charge on any atom is -0.396 e. The first-order valence-electron chi connectivity index (χ1n) is 6.80. The van der Waals surface area contributed by atoms with Gasteiger partial charge in [-0.25, -0.2) is 0 Å². The molecule has 1 unspecified atom stereocenters. The van der Waals surface area contributed by atoms with Crippen LogP contribution in [0.4, 0.5) is 0 Å². The fourth-order valence-electron chi connectivity index (χ4n) is 2.82. The maximum atomic E-state index is 8.91. The molecule has 16 heavy (non-hydrogen) atoms. The second-order valence-electron chi connectivity index (χ2n) is 5.82. The van der Waals surface area contributed by atoms with E-state index in [0.29, 0.717) is 17.9 Å². The lowest BCUT2D eigenvalue weighted by Gasteiger charge is -2.38. The summed E-state index contributed by atoms with van der Waals surface area (Å²) in [5.74, 6) is 2.21. The normalized spacial score (nSPS) is 33.0. The summed E-state index contributed by atoms with van der Waals surface area (Å²) in [6.45, 7) is 9.23. The van der Waals surface area contributed by atoms with E-state index in [9.17, 15) is 0 Å². The Labute approximate surface area is 100 Å². The van der Waals surface area contributed by atoms with E-state index < -0.39 is 0 Å². The number of rotatable bonds is 5. The molecule has 96 valence electrons. The van der Waals surface area contributed by atoms with Crippen LogP contribution in [0.2, 0.25) is 0 Å². The van der Waals surface area contributed by atoms with E-state index in [1.54, 1.807) is 0 Å². The third-order valence-corrected chi connectivity index (χ3v) is 3.90. The summed E-state index contributed by atoms with van der Waals surface area (Å²) in [6, 6.07) is 0. The standard InChI is InChI=1S/C14H28O2/c1-10(2)13-6-5-11(3)9-14(13)16-12(4)7-8-15/h10-15H,5-9H2,1-4H3/t11-,12?,13+,14-/m1/s1. The maximum absolute atomic E-state index is 8.91. The number of aliphatic hydroxyl groups is 1. The fourth-order valence-corrected chi connectivity index (χ4v) is 2.82. The van der Waals surface area contributed by atoms with Gasteiger partial charge in [0.05, 0.1) is 12.2 Å². The van der Waals surface area contributed by atoms with Crippen LogP contribution in [0.15, 0.2) is 0 Å². The molecule has 0 bridgehead atoms. The van der Waals surface area contributed by atoms with Crippen molar-refractivity contribution in [1.82, 2.24) is 0 Å². The van der Waals surface area contributed by atoms with Gasteiger partial charge in [0.2, 0.25) is 0 Å². The molecule has 0 aromatic rings. The summed E-state index contributed by atoms with van der Waals surface area (Å²) in [6.07, 6.45) is 5.20. The van der Waals surface area contributed by atoms with E-state index in [1.807, 2.05) is 0 Å². The van der Waals surface area contributed by atoms with Crippen molar-refractivity contribution in [3.63, 3.8) is 0 Å². The zero-order chi connectivity index (χ0) is 12.1. The monoisotopic (exact) mass is 228 g/mol. The van der Waals surface area contributed by atoms with Crippen molar-refractivity contribution in [1.29, 1.82) is 0 Å². The van der Waals surface area contributed by atoms with Crippen LogP contribution < -0.4 is 0 Å². The highest BCUT2D eigenvalue weighted by molar-refractivity contribution is 4.81. The van der Waals surface area contributed by atoms with E-state index in [-0.39, 0.29) is 12.7 Å². The first-order valence-corrected chi connectivity index (χ1v) is 6.80. The van der Waals surface area contributed by atoms with Gasteiger partial charge in [-0.1, -0.05) is 27.2 Å². The Hall–Kier alpha value is -0.0800. The molecule has 1 aliphatic carbocycles. The zero-order valence-corrected chi connectivity index (χ0v) is 11.3. The van der Waals surface area contributed by atoms with Crippen molar-refractivity contribution in [3.05, 3.63) is 0 Å². The van der Waals surface area contributed by atoms with Crippen LogP contribution in [-0.2, 0) is 4.74 Å². The van der Waals surface area contributed by atoms with Gasteiger partial charge in [-0.2, -0.15) is 0 Å². The number of hydrogen-bond acceptors (Lipinski definition) is 2. The smallest absolute Gasteiger partial charge is 0.0611 e. The maximum Gasteiger partial charge on any atom is 0.0611 e. The van der Waals surface area contributed by atoms with Crippen LogP contribution in [0.25, 0.3) is 0 Å². The molecule has 0 aliphatic heterocycles. The third-order valence-electron chi connectivity index (χ3n) is 3.90. The van der Waals surface area contributed by atoms with Gasteiger partial charge in [-0.3, -0.25) is 0 Å². The summed E-state index contributed by atoms with van der Waals surface area (Å²) in [4.78, 5) is 0. The molecule has 0 heterocycles. The fraction of sp³-hybridized carbons (Fsp3) is 1.00. The van der Waals surface area contributed by atoms with Crippen molar-refractivity contribution in [2.75, 3.05) is 6.61 Å². The molecule has 0 aromatic carbocycles. The Morgan fingerprint density at radius 2 is 1.94 bits per heavy atom. The molecule has 1 rings (SSSR count). The molecular weight excluding hydrogens is 200 g/mol. The number of aliphatic hydroxyl groups excluding tert-OH is 1. The van der Waals surface area contributed by atoms with Gasteiger partial charge < -0.3 is 9.84 Å². The largest absolute Gasteiger partial charge is 0.396 e. The van der Waals surface area contributed by atoms with Crippen LogP contribution in [0.3, 0.4) is 0 Å². The average Bonchev–Trinajstić information content (AvgIpc) is 2.17. The van der Waals surface area contributed by atoms with Crippen LogP contribution >= 0.6 is 0 Å². The van der Waals surface area contributed by atoms with Crippen LogP contribution in [0, 0.1) is 17.8 Å². The van der Waals surface area contributed by atoms with Gasteiger partial charge in [0.25, 0.3) is 0 Å². The van der Waals surface area contributed by atoms with Crippen molar-refractivity contribution >= 4 is 0 Å². The lowest BCUT2D eigenvalue weighted by atomic mass is 9.75. The lowest BCUT2D eigenvalue weighted by Crippen LogP contribution is -2.36. The number of hydrogen-bond donors (Lipinski definition) is 1. The summed E-state index contributed by atoms with van der Waals surface area (Å²) in [5, 5.41) is 8.91. The molecule has 0 spiro atoms. The van der Waals surface area contributed by atoms with E-state index in [0.717, 1.165) is 12.3 Å². The van der Waals surface area contributed by atoms with Crippen molar-refractivity contribution in [3.8, 4) is 0 Å². The number of ether oxygens (including phenoxy) is 1. The topological polar surface area (TPSA) is 29.5 Å². The van der Waals surface area contributed by atoms with Crippen LogP contribution in [0.1, 0.15) is 53.4 Å². The van der Waals surface area contributed by atoms with E-state index in [2.05, 4.69) is 27.7 Å². The van der Waals surface area contributed by atoms with Crippen molar-refractivity contribution in [2.45, 2.75) is 65.6 Å². The molecule has 2 heteroatoms. The van der Waals surface area contributed by atoms with Gasteiger partial charge in [0.1, 0.15) is 0 Å². The van der Waals surface area contributed by atoms with Gasteiger partial charge in [0, 0.05) is 6.61 Å². The summed E-state index contributed by atoms with van der Waals surface area (Å²) < 4.78 is 6.12. The third kappa shape index (κ3) is 4.06. The molecule has 0 saturated heterocycles. The molecule has 1 saturated carbocycles. The quantitative estimate of drug-likeness (QED) is 0.783. The highest BCUT2D eigenvalue weighted by Gasteiger charge is 2.32. The SMILES string of the molecule is CC(CCO)O[C@@H]1C[C@H](C)CC[C@H]1C(C)C. The average molecular weight is 228 g/mol. The predicted octanol–water partition coefficient (Wildman–Crippen LogP) is 3.23. The van der Waals surface area contributed by atoms with Gasteiger partial charge in [-0.05, 0) is 43.9 Å². The molecule has 0 radical (unpaired) electrons. The minimum atomic E-state index is 0.196. The van der Waals surface area contributed by atoms with Crippen LogP contribution in [0.5, 0.6) is 0 Å². The van der Waals surface area contributed by atoms with E-state index >= 15 is 0 Å². The second-order valence-corrected chi connectivity index (χ2v) is 5.82. The second kappa shape index (κ2) is 6.61. The molecule has 1 N–H and O–H groups in total. The molecule has 1 fully saturated rings. The molecule has 4 atom stereocenters. The molecule has 0 amide bonds. The first-order chi connectivity index (χ1) is 7.54. The van der Waals surface area contributed by atoms with Crippen LogP contribution in [-0.4, -0.2) is 23.9 Å². The molecular formula is C14H28O2. The van der Waals surface area contributed by atoms with E-state index in [1.165, 1.54) is 19.3 Å². The van der Waals surface area contributed by atoms with Gasteiger partial charge in [0.15, 0.2) is 0 Å². The van der Waals surface area contributed by atoms with E-state index in [4.69, 9.17) is 9.84 Å². The minimum absolute atomic E-state index is 0.196. The summed E-state index contributed by atoms with van der Waals surface area (Å²) in [7, 11) is 0. The highest BCUT2D eigenvalue weighted by atomic mass is 16.5. The predicted molar refractivity (Wildman–Crippen MR) is 67.4 cm³/mol. The Kier molecular flexibility index (Phi) is 5.77. The summed E-state index contributed by atoms with van der Waals surface area (Å²) in [5.41, 5.74) is 0. The molecule has 0 aromatic heterocycles. The zero-order valence-electron chi connectivity index (χ0n) is 11.3. The lowest BCUT2D eigenvalue weighted by molar-refractivity contribution is -0.0791. The first kappa shape index (κ1) is 14.0. The highest BCUT2D eigenvalue weighted by Crippen LogP contribution is 2.35. The Balaban J connectivity index is 2.50. The van der Waals surface area contributed by atoms with Gasteiger partial charge in [-0.15, -0.1) is 0 Å². The Morgan fingerprint density at radius 3 is 2.50 bits per heavy atom. The molecule has 2 nitrogen and oxygen atoms in total. The molecule has 1 aliphatic rings.